The lowest BCUT2D eigenvalue weighted by Gasteiger charge is -2.21. The van der Waals surface area contributed by atoms with Gasteiger partial charge in [-0.05, 0) is 32.0 Å². The van der Waals surface area contributed by atoms with Crippen LogP contribution in [0.4, 0.5) is 10.1 Å². The molecule has 0 aliphatic carbocycles. The molecule has 98 valence electrons. The molecule has 1 aliphatic heterocycles. The Morgan fingerprint density at radius 3 is 2.89 bits per heavy atom. The maximum atomic E-state index is 13.5. The number of hydrogen-bond donors (Lipinski definition) is 2. The van der Waals surface area contributed by atoms with Gasteiger partial charge in [0.2, 0.25) is 5.91 Å². The highest BCUT2D eigenvalue weighted by molar-refractivity contribution is 5.95. The molecule has 18 heavy (non-hydrogen) atoms. The van der Waals surface area contributed by atoms with Gasteiger partial charge in [-0.25, -0.2) is 4.39 Å². The number of carbonyl (C=O) groups is 1. The fourth-order valence-corrected chi connectivity index (χ4v) is 2.04. The van der Waals surface area contributed by atoms with Crippen molar-refractivity contribution in [3.05, 3.63) is 24.0 Å². The summed E-state index contributed by atoms with van der Waals surface area (Å²) >= 11 is 0. The molecule has 0 spiro atoms. The average molecular weight is 252 g/mol. The van der Waals surface area contributed by atoms with Crippen molar-refractivity contribution in [3.63, 3.8) is 0 Å². The van der Waals surface area contributed by atoms with Crippen molar-refractivity contribution in [2.45, 2.75) is 13.3 Å². The number of anilines is 1. The van der Waals surface area contributed by atoms with Crippen LogP contribution in [-0.2, 0) is 4.79 Å². The highest BCUT2D eigenvalue weighted by atomic mass is 19.1. The third kappa shape index (κ3) is 2.46. The van der Waals surface area contributed by atoms with Gasteiger partial charge in [0, 0.05) is 18.3 Å². The first kappa shape index (κ1) is 12.8. The van der Waals surface area contributed by atoms with E-state index in [1.165, 1.54) is 19.2 Å². The lowest BCUT2D eigenvalue weighted by Crippen LogP contribution is -2.35. The van der Waals surface area contributed by atoms with Crippen molar-refractivity contribution in [2.75, 3.05) is 25.5 Å². The maximum absolute atomic E-state index is 13.5. The Morgan fingerprint density at radius 2 is 2.33 bits per heavy atom. The quantitative estimate of drug-likeness (QED) is 0.862. The highest BCUT2D eigenvalue weighted by Crippen LogP contribution is 2.27. The van der Waals surface area contributed by atoms with Crippen molar-refractivity contribution in [2.24, 2.45) is 5.41 Å². The highest BCUT2D eigenvalue weighted by Gasteiger charge is 2.36. The number of amides is 1. The van der Waals surface area contributed by atoms with E-state index in [1.54, 1.807) is 6.07 Å². The normalized spacial score (nSPS) is 22.8. The van der Waals surface area contributed by atoms with Crippen LogP contribution in [0.2, 0.25) is 0 Å². The van der Waals surface area contributed by atoms with Crippen LogP contribution < -0.4 is 15.4 Å². The molecule has 0 aromatic heterocycles. The molecule has 2 rings (SSSR count). The van der Waals surface area contributed by atoms with Crippen LogP contribution in [0.25, 0.3) is 0 Å². The molecule has 1 unspecified atom stereocenters. The number of hydrogen-bond acceptors (Lipinski definition) is 3. The van der Waals surface area contributed by atoms with Crippen molar-refractivity contribution in [1.82, 2.24) is 5.32 Å². The Labute approximate surface area is 106 Å². The fourth-order valence-electron chi connectivity index (χ4n) is 2.04. The van der Waals surface area contributed by atoms with E-state index in [0.29, 0.717) is 12.2 Å². The summed E-state index contributed by atoms with van der Waals surface area (Å²) in [5.74, 6) is -0.399. The fraction of sp³-hybridized carbons (Fsp3) is 0.462. The Bertz CT molecular complexity index is 456. The van der Waals surface area contributed by atoms with Crippen molar-refractivity contribution in [3.8, 4) is 5.75 Å². The number of ether oxygens (including phenoxy) is 1. The minimum atomic E-state index is -0.481. The summed E-state index contributed by atoms with van der Waals surface area (Å²) in [4.78, 5) is 12.1. The van der Waals surface area contributed by atoms with E-state index in [9.17, 15) is 9.18 Å². The monoisotopic (exact) mass is 252 g/mol. The summed E-state index contributed by atoms with van der Waals surface area (Å²) in [6, 6.07) is 4.40. The second-order valence-electron chi connectivity index (χ2n) is 4.79. The predicted molar refractivity (Wildman–Crippen MR) is 67.2 cm³/mol. The molecule has 4 nitrogen and oxygen atoms in total. The molecule has 0 saturated carbocycles. The smallest absolute Gasteiger partial charge is 0.231 e. The maximum Gasteiger partial charge on any atom is 0.231 e. The van der Waals surface area contributed by atoms with Crippen molar-refractivity contribution < 1.29 is 13.9 Å². The molecule has 1 aliphatic rings. The second-order valence-corrected chi connectivity index (χ2v) is 4.79. The molecule has 1 atom stereocenters. The molecule has 5 heteroatoms. The van der Waals surface area contributed by atoms with E-state index >= 15 is 0 Å². The summed E-state index contributed by atoms with van der Waals surface area (Å²) in [6.07, 6.45) is 0.789. The van der Waals surface area contributed by atoms with Crippen molar-refractivity contribution >= 4 is 11.6 Å². The van der Waals surface area contributed by atoms with Gasteiger partial charge < -0.3 is 15.4 Å². The Balaban J connectivity index is 2.09. The summed E-state index contributed by atoms with van der Waals surface area (Å²) in [7, 11) is 1.40. The minimum Gasteiger partial charge on any atom is -0.494 e. The van der Waals surface area contributed by atoms with Crippen molar-refractivity contribution in [1.29, 1.82) is 0 Å². The van der Waals surface area contributed by atoms with E-state index in [-0.39, 0.29) is 11.7 Å². The van der Waals surface area contributed by atoms with E-state index in [4.69, 9.17) is 4.74 Å². The molecule has 1 fully saturated rings. The third-order valence-electron chi connectivity index (χ3n) is 3.33. The summed E-state index contributed by atoms with van der Waals surface area (Å²) in [5.41, 5.74) is 0.0302. The van der Waals surface area contributed by atoms with Crippen LogP contribution in [0.5, 0.6) is 5.75 Å². The molecule has 1 heterocycles. The van der Waals surface area contributed by atoms with Crippen LogP contribution in [0, 0.1) is 11.2 Å². The zero-order valence-electron chi connectivity index (χ0n) is 10.5. The lowest BCUT2D eigenvalue weighted by molar-refractivity contribution is -0.123. The van der Waals surface area contributed by atoms with Gasteiger partial charge in [-0.15, -0.1) is 0 Å². The van der Waals surface area contributed by atoms with Gasteiger partial charge in [0.1, 0.15) is 0 Å². The van der Waals surface area contributed by atoms with E-state index in [2.05, 4.69) is 10.6 Å². The minimum absolute atomic E-state index is 0.0860. The summed E-state index contributed by atoms with van der Waals surface area (Å²) in [5, 5.41) is 5.90. The molecule has 1 saturated heterocycles. The molecule has 0 radical (unpaired) electrons. The van der Waals surface area contributed by atoms with Gasteiger partial charge >= 0.3 is 0 Å². The number of nitrogens with one attached hydrogen (secondary N) is 2. The number of methoxy groups -OCH3 is 1. The topological polar surface area (TPSA) is 50.4 Å². The van der Waals surface area contributed by atoms with Crippen LogP contribution in [0.3, 0.4) is 0 Å². The number of rotatable bonds is 3. The predicted octanol–water partition coefficient (Wildman–Crippen LogP) is 1.77. The van der Waals surface area contributed by atoms with Crippen LogP contribution in [0.1, 0.15) is 13.3 Å². The van der Waals surface area contributed by atoms with E-state index in [0.717, 1.165) is 13.0 Å². The molecule has 1 aromatic carbocycles. The zero-order valence-corrected chi connectivity index (χ0v) is 10.5. The Morgan fingerprint density at radius 1 is 1.56 bits per heavy atom. The van der Waals surface area contributed by atoms with Gasteiger partial charge in [0.15, 0.2) is 11.6 Å². The molecule has 0 bridgehead atoms. The van der Waals surface area contributed by atoms with Crippen LogP contribution in [0.15, 0.2) is 18.2 Å². The van der Waals surface area contributed by atoms with Crippen LogP contribution >= 0.6 is 0 Å². The second kappa shape index (κ2) is 4.94. The first-order valence-corrected chi connectivity index (χ1v) is 5.91. The lowest BCUT2D eigenvalue weighted by atomic mass is 9.89. The van der Waals surface area contributed by atoms with Gasteiger partial charge in [-0.3, -0.25) is 4.79 Å². The van der Waals surface area contributed by atoms with E-state index < -0.39 is 11.2 Å². The summed E-state index contributed by atoms with van der Waals surface area (Å²) < 4.78 is 18.3. The third-order valence-corrected chi connectivity index (χ3v) is 3.33. The first-order valence-electron chi connectivity index (χ1n) is 5.91. The average Bonchev–Trinajstić information content (AvgIpc) is 2.78. The standard InChI is InChI=1S/C13H17FN2O2/c1-13(5-6-15-8-13)12(17)16-9-3-4-11(18-2)10(14)7-9/h3-4,7,15H,5-6,8H2,1-2H3,(H,16,17). The number of carbonyl (C=O) groups excluding carboxylic acids is 1. The molecule has 2 N–H and O–H groups in total. The number of benzene rings is 1. The van der Waals surface area contributed by atoms with Gasteiger partial charge in [-0.2, -0.15) is 0 Å². The van der Waals surface area contributed by atoms with E-state index in [1.807, 2.05) is 6.92 Å². The SMILES string of the molecule is COc1ccc(NC(=O)C2(C)CCNC2)cc1F. The Kier molecular flexibility index (Phi) is 3.52. The zero-order chi connectivity index (χ0) is 13.2. The molecule has 1 aromatic rings. The van der Waals surface area contributed by atoms with Gasteiger partial charge in [-0.1, -0.05) is 0 Å². The largest absolute Gasteiger partial charge is 0.494 e. The summed E-state index contributed by atoms with van der Waals surface area (Å²) in [6.45, 7) is 3.39. The molecular formula is C13H17FN2O2. The Hall–Kier alpha value is -1.62. The molecular weight excluding hydrogens is 235 g/mol. The van der Waals surface area contributed by atoms with Gasteiger partial charge in [0.25, 0.3) is 0 Å². The molecule has 1 amide bonds. The first-order chi connectivity index (χ1) is 8.55. The van der Waals surface area contributed by atoms with Crippen LogP contribution in [-0.4, -0.2) is 26.1 Å². The number of halogens is 1. The van der Waals surface area contributed by atoms with Gasteiger partial charge in [0.05, 0.1) is 12.5 Å².